The highest BCUT2D eigenvalue weighted by molar-refractivity contribution is 6.01. The molecule has 0 radical (unpaired) electrons. The van der Waals surface area contributed by atoms with Crippen LogP contribution in [0.2, 0.25) is 0 Å². The van der Waals surface area contributed by atoms with Gasteiger partial charge in [-0.1, -0.05) is 66.2 Å². The summed E-state index contributed by atoms with van der Waals surface area (Å²) in [4.78, 5) is 12.7. The van der Waals surface area contributed by atoms with Crippen LogP contribution >= 0.6 is 0 Å². The van der Waals surface area contributed by atoms with Gasteiger partial charge >= 0.3 is 0 Å². The zero-order chi connectivity index (χ0) is 17.4. The first kappa shape index (κ1) is 15.5. The molecule has 0 unspecified atom stereocenters. The monoisotopic (exact) mass is 329 g/mol. The lowest BCUT2D eigenvalue weighted by Gasteiger charge is -2.33. The molecule has 0 aliphatic carbocycles. The minimum atomic E-state index is -0.756. The van der Waals surface area contributed by atoms with E-state index in [2.05, 4.69) is 36.5 Å². The van der Waals surface area contributed by atoms with Gasteiger partial charge in [0.15, 0.2) is 0 Å². The number of aryl methyl sites for hydroxylation is 1. The van der Waals surface area contributed by atoms with E-state index >= 15 is 0 Å². The predicted octanol–water partition coefficient (Wildman–Crippen LogP) is 4.04. The molecule has 0 bridgehead atoms. The number of para-hydroxylation sites is 1. The number of benzene rings is 3. The zero-order valence-corrected chi connectivity index (χ0v) is 14.2. The standard InChI is InChI=1S/C22H19NO2/c1-15-11-13-16(14-12-15)22(19-9-5-6-10-20(19)25-2)18-8-4-3-7-17(18)21(24)23-22/h3-14H,1-2H3,(H,23,24)/t22-/m1/s1. The third kappa shape index (κ3) is 2.23. The van der Waals surface area contributed by atoms with Gasteiger partial charge in [0.05, 0.1) is 7.11 Å². The highest BCUT2D eigenvalue weighted by atomic mass is 16.5. The van der Waals surface area contributed by atoms with E-state index in [-0.39, 0.29) is 5.91 Å². The van der Waals surface area contributed by atoms with Crippen molar-refractivity contribution in [2.75, 3.05) is 7.11 Å². The van der Waals surface area contributed by atoms with Crippen LogP contribution in [0.4, 0.5) is 0 Å². The molecule has 25 heavy (non-hydrogen) atoms. The van der Waals surface area contributed by atoms with Crippen molar-refractivity contribution in [1.29, 1.82) is 0 Å². The molecule has 0 saturated heterocycles. The van der Waals surface area contributed by atoms with Gasteiger partial charge in [0, 0.05) is 11.1 Å². The fraction of sp³-hybridized carbons (Fsp3) is 0.136. The lowest BCUT2D eigenvalue weighted by Crippen LogP contribution is -2.41. The maximum atomic E-state index is 12.7. The summed E-state index contributed by atoms with van der Waals surface area (Å²) in [6.45, 7) is 2.06. The van der Waals surface area contributed by atoms with E-state index in [1.54, 1.807) is 7.11 Å². The average molecular weight is 329 g/mol. The molecule has 3 aromatic rings. The first-order chi connectivity index (χ1) is 12.2. The summed E-state index contributed by atoms with van der Waals surface area (Å²) in [6, 6.07) is 23.9. The Hall–Kier alpha value is -3.07. The molecule has 1 heterocycles. The Kier molecular flexibility index (Phi) is 3.57. The minimum absolute atomic E-state index is 0.0675. The van der Waals surface area contributed by atoms with Crippen molar-refractivity contribution in [3.8, 4) is 5.75 Å². The third-order valence-electron chi connectivity index (χ3n) is 4.87. The molecule has 0 fully saturated rings. The number of fused-ring (bicyclic) bond motifs is 1. The molecule has 124 valence electrons. The van der Waals surface area contributed by atoms with Gasteiger partial charge in [0.1, 0.15) is 11.3 Å². The van der Waals surface area contributed by atoms with E-state index in [9.17, 15) is 4.79 Å². The molecule has 0 saturated carbocycles. The number of amides is 1. The first-order valence-electron chi connectivity index (χ1n) is 8.29. The van der Waals surface area contributed by atoms with Crippen LogP contribution in [-0.2, 0) is 5.54 Å². The van der Waals surface area contributed by atoms with Crippen LogP contribution in [0.15, 0.2) is 72.8 Å². The van der Waals surface area contributed by atoms with Crippen LogP contribution < -0.4 is 10.1 Å². The van der Waals surface area contributed by atoms with Crippen molar-refractivity contribution in [2.45, 2.75) is 12.5 Å². The van der Waals surface area contributed by atoms with Gasteiger partial charge < -0.3 is 10.1 Å². The van der Waals surface area contributed by atoms with Gasteiger partial charge in [-0.3, -0.25) is 4.79 Å². The molecule has 1 aliphatic heterocycles. The number of ether oxygens (including phenoxy) is 1. The Morgan fingerprint density at radius 1 is 0.840 bits per heavy atom. The van der Waals surface area contributed by atoms with Gasteiger partial charge in [0.2, 0.25) is 0 Å². The molecule has 0 spiro atoms. The summed E-state index contributed by atoms with van der Waals surface area (Å²) in [5.74, 6) is 0.683. The molecule has 3 heteroatoms. The number of methoxy groups -OCH3 is 1. The van der Waals surface area contributed by atoms with Crippen LogP contribution in [0.25, 0.3) is 0 Å². The van der Waals surface area contributed by atoms with E-state index < -0.39 is 5.54 Å². The van der Waals surface area contributed by atoms with Crippen LogP contribution in [0.1, 0.15) is 32.6 Å². The van der Waals surface area contributed by atoms with Crippen LogP contribution in [0.3, 0.4) is 0 Å². The molecule has 1 N–H and O–H groups in total. The summed E-state index contributed by atoms with van der Waals surface area (Å²) in [7, 11) is 1.66. The molecule has 1 aliphatic rings. The summed E-state index contributed by atoms with van der Waals surface area (Å²) >= 11 is 0. The Balaban J connectivity index is 2.08. The second-order valence-electron chi connectivity index (χ2n) is 6.32. The Morgan fingerprint density at radius 2 is 1.48 bits per heavy atom. The van der Waals surface area contributed by atoms with E-state index in [0.29, 0.717) is 5.56 Å². The van der Waals surface area contributed by atoms with Gasteiger partial charge in [0.25, 0.3) is 5.91 Å². The van der Waals surface area contributed by atoms with E-state index in [1.165, 1.54) is 5.56 Å². The smallest absolute Gasteiger partial charge is 0.252 e. The summed E-state index contributed by atoms with van der Waals surface area (Å²) in [6.07, 6.45) is 0. The number of carbonyl (C=O) groups excluding carboxylic acids is 1. The number of hydrogen-bond acceptors (Lipinski definition) is 2. The van der Waals surface area contributed by atoms with Crippen LogP contribution in [0.5, 0.6) is 5.75 Å². The van der Waals surface area contributed by atoms with Crippen molar-refractivity contribution in [1.82, 2.24) is 5.32 Å². The van der Waals surface area contributed by atoms with Crippen molar-refractivity contribution in [3.63, 3.8) is 0 Å². The lowest BCUT2D eigenvalue weighted by atomic mass is 9.77. The van der Waals surface area contributed by atoms with Crippen LogP contribution in [-0.4, -0.2) is 13.0 Å². The Bertz CT molecular complexity index is 946. The molecular weight excluding hydrogens is 310 g/mol. The maximum absolute atomic E-state index is 12.7. The molecular formula is C22H19NO2. The van der Waals surface area contributed by atoms with Crippen molar-refractivity contribution >= 4 is 5.91 Å². The second-order valence-corrected chi connectivity index (χ2v) is 6.32. The van der Waals surface area contributed by atoms with E-state index in [1.807, 2.05) is 48.5 Å². The fourth-order valence-corrected chi connectivity index (χ4v) is 3.67. The molecule has 1 amide bonds. The highest BCUT2D eigenvalue weighted by Crippen LogP contribution is 2.45. The third-order valence-corrected chi connectivity index (χ3v) is 4.87. The second kappa shape index (κ2) is 5.78. The SMILES string of the molecule is COc1ccccc1[C@]1(c2ccc(C)cc2)NC(=O)c2ccccc21. The Labute approximate surface area is 147 Å². The predicted molar refractivity (Wildman–Crippen MR) is 98.0 cm³/mol. The number of nitrogens with one attached hydrogen (secondary N) is 1. The van der Waals surface area contributed by atoms with Gasteiger partial charge in [-0.25, -0.2) is 0 Å². The quantitative estimate of drug-likeness (QED) is 0.787. The van der Waals surface area contributed by atoms with Gasteiger partial charge in [-0.2, -0.15) is 0 Å². The molecule has 0 aromatic heterocycles. The normalized spacial score (nSPS) is 18.6. The minimum Gasteiger partial charge on any atom is -0.496 e. The average Bonchev–Trinajstić information content (AvgIpc) is 2.96. The van der Waals surface area contributed by atoms with E-state index in [0.717, 1.165) is 22.4 Å². The summed E-state index contributed by atoms with van der Waals surface area (Å²) in [5.41, 5.74) is 4.02. The van der Waals surface area contributed by atoms with Crippen molar-refractivity contribution in [3.05, 3.63) is 101 Å². The van der Waals surface area contributed by atoms with E-state index in [4.69, 9.17) is 4.74 Å². The van der Waals surface area contributed by atoms with Gasteiger partial charge in [-0.05, 0) is 30.2 Å². The lowest BCUT2D eigenvalue weighted by molar-refractivity contribution is 0.0948. The molecule has 3 nitrogen and oxygen atoms in total. The number of hydrogen-bond donors (Lipinski definition) is 1. The van der Waals surface area contributed by atoms with Crippen molar-refractivity contribution in [2.24, 2.45) is 0 Å². The molecule has 1 atom stereocenters. The van der Waals surface area contributed by atoms with Gasteiger partial charge in [-0.15, -0.1) is 0 Å². The van der Waals surface area contributed by atoms with Crippen molar-refractivity contribution < 1.29 is 9.53 Å². The zero-order valence-electron chi connectivity index (χ0n) is 14.2. The topological polar surface area (TPSA) is 38.3 Å². The highest BCUT2D eigenvalue weighted by Gasteiger charge is 2.47. The van der Waals surface area contributed by atoms with Crippen LogP contribution in [0, 0.1) is 6.92 Å². The number of rotatable bonds is 3. The first-order valence-corrected chi connectivity index (χ1v) is 8.29. The molecule has 3 aromatic carbocycles. The Morgan fingerprint density at radius 3 is 2.20 bits per heavy atom. The fourth-order valence-electron chi connectivity index (χ4n) is 3.67. The molecule has 4 rings (SSSR count). The maximum Gasteiger partial charge on any atom is 0.252 e. The summed E-state index contributed by atoms with van der Waals surface area (Å²) in [5, 5.41) is 3.24. The summed E-state index contributed by atoms with van der Waals surface area (Å²) < 4.78 is 5.63. The number of carbonyl (C=O) groups is 1. The largest absolute Gasteiger partial charge is 0.496 e.